The van der Waals surface area contributed by atoms with Gasteiger partial charge in [-0.05, 0) is 26.0 Å². The number of aromatic nitrogens is 3. The summed E-state index contributed by atoms with van der Waals surface area (Å²) in [6, 6.07) is 6.52. The lowest BCUT2D eigenvalue weighted by Gasteiger charge is -2.35. The molecule has 0 atom stereocenters. The van der Waals surface area contributed by atoms with Gasteiger partial charge in [-0.2, -0.15) is 4.31 Å². The molecule has 3 aromatic rings. The minimum Gasteiger partial charge on any atom is -0.421 e. The van der Waals surface area contributed by atoms with Gasteiger partial charge in [-0.25, -0.2) is 12.8 Å². The van der Waals surface area contributed by atoms with Crippen molar-refractivity contribution < 1.29 is 17.2 Å². The van der Waals surface area contributed by atoms with Gasteiger partial charge in [-0.1, -0.05) is 12.1 Å². The number of piperazine rings is 1. The molecule has 1 aliphatic rings. The molecule has 0 bridgehead atoms. The number of sulfonamides is 1. The predicted molar refractivity (Wildman–Crippen MR) is 106 cm³/mol. The van der Waals surface area contributed by atoms with Gasteiger partial charge in [0.2, 0.25) is 15.9 Å². The summed E-state index contributed by atoms with van der Waals surface area (Å²) >= 11 is 0. The number of hydrogen-bond acceptors (Lipinski definition) is 6. The summed E-state index contributed by atoms with van der Waals surface area (Å²) in [6.07, 6.45) is 0. The van der Waals surface area contributed by atoms with E-state index in [2.05, 4.69) is 15.2 Å². The number of anilines is 1. The molecule has 0 aliphatic carbocycles. The lowest BCUT2D eigenvalue weighted by Crippen LogP contribution is -2.49. The Labute approximate surface area is 168 Å². The third kappa shape index (κ3) is 3.42. The maximum Gasteiger partial charge on any atom is 0.250 e. The number of benzene rings is 1. The Balaban J connectivity index is 1.63. The first-order valence-electron chi connectivity index (χ1n) is 9.28. The zero-order chi connectivity index (χ0) is 20.8. The topological polar surface area (TPSA) is 95.3 Å². The molecule has 2 aromatic heterocycles. The van der Waals surface area contributed by atoms with E-state index in [-0.39, 0.29) is 29.7 Å². The van der Waals surface area contributed by atoms with Gasteiger partial charge in [0.1, 0.15) is 10.7 Å². The van der Waals surface area contributed by atoms with Crippen molar-refractivity contribution in [2.75, 3.05) is 31.1 Å². The molecule has 0 spiro atoms. The lowest BCUT2D eigenvalue weighted by molar-refractivity contribution is 0.383. The van der Waals surface area contributed by atoms with Crippen molar-refractivity contribution in [1.82, 2.24) is 19.5 Å². The van der Waals surface area contributed by atoms with Crippen molar-refractivity contribution in [3.8, 4) is 11.5 Å². The third-order valence-electron chi connectivity index (χ3n) is 5.09. The Morgan fingerprint density at radius 2 is 1.72 bits per heavy atom. The highest BCUT2D eigenvalue weighted by molar-refractivity contribution is 7.89. The summed E-state index contributed by atoms with van der Waals surface area (Å²) < 4.78 is 47.9. The van der Waals surface area contributed by atoms with Crippen LogP contribution in [0.2, 0.25) is 0 Å². The van der Waals surface area contributed by atoms with Gasteiger partial charge in [-0.3, -0.25) is 0 Å². The highest BCUT2D eigenvalue weighted by atomic mass is 32.2. The molecule has 0 saturated carbocycles. The quantitative estimate of drug-likeness (QED) is 0.699. The van der Waals surface area contributed by atoms with Crippen LogP contribution in [0.3, 0.4) is 0 Å². The van der Waals surface area contributed by atoms with Crippen LogP contribution in [-0.4, -0.2) is 54.1 Å². The molecular weight excluding hydrogens is 397 g/mol. The molecule has 1 aliphatic heterocycles. The largest absolute Gasteiger partial charge is 0.421 e. The highest BCUT2D eigenvalue weighted by Gasteiger charge is 2.35. The Bertz CT molecular complexity index is 1150. The van der Waals surface area contributed by atoms with Crippen molar-refractivity contribution in [3.63, 3.8) is 0 Å². The van der Waals surface area contributed by atoms with Crippen LogP contribution in [0.15, 0.2) is 33.6 Å². The molecule has 3 heterocycles. The van der Waals surface area contributed by atoms with Crippen LogP contribution in [0, 0.1) is 26.6 Å². The predicted octanol–water partition coefficient (Wildman–Crippen LogP) is 2.64. The molecule has 10 heteroatoms. The van der Waals surface area contributed by atoms with E-state index in [9.17, 15) is 12.8 Å². The van der Waals surface area contributed by atoms with Crippen LogP contribution in [0.5, 0.6) is 0 Å². The van der Waals surface area contributed by atoms with Crippen molar-refractivity contribution in [1.29, 1.82) is 0 Å². The van der Waals surface area contributed by atoms with Crippen LogP contribution in [0.4, 0.5) is 10.1 Å². The summed E-state index contributed by atoms with van der Waals surface area (Å²) in [6.45, 7) is 6.45. The summed E-state index contributed by atoms with van der Waals surface area (Å²) in [7, 11) is -3.80. The molecule has 29 heavy (non-hydrogen) atoms. The SMILES string of the molecule is Cc1nnc(-c2c(C)[nH]c(C)c2S(=O)(=O)N2CCN(c3ccccc3F)CC2)o1. The first kappa shape index (κ1) is 19.6. The van der Waals surface area contributed by atoms with Gasteiger partial charge in [0.15, 0.2) is 0 Å². The Morgan fingerprint density at radius 1 is 1.03 bits per heavy atom. The van der Waals surface area contributed by atoms with Crippen LogP contribution in [-0.2, 0) is 10.0 Å². The molecule has 8 nitrogen and oxygen atoms in total. The number of nitrogens with one attached hydrogen (secondary N) is 1. The molecule has 1 fully saturated rings. The number of para-hydroxylation sites is 1. The van der Waals surface area contributed by atoms with Crippen LogP contribution in [0.1, 0.15) is 17.3 Å². The number of nitrogens with zero attached hydrogens (tertiary/aromatic N) is 4. The van der Waals surface area contributed by atoms with Crippen LogP contribution >= 0.6 is 0 Å². The number of aromatic amines is 1. The van der Waals surface area contributed by atoms with Crippen LogP contribution < -0.4 is 4.90 Å². The first-order chi connectivity index (χ1) is 13.8. The molecule has 1 saturated heterocycles. The fourth-order valence-corrected chi connectivity index (χ4v) is 5.58. The Morgan fingerprint density at radius 3 is 2.34 bits per heavy atom. The van der Waals surface area contributed by atoms with E-state index >= 15 is 0 Å². The lowest BCUT2D eigenvalue weighted by atomic mass is 10.2. The highest BCUT2D eigenvalue weighted by Crippen LogP contribution is 2.35. The standard InChI is InChI=1S/C19H22FN5O3S/c1-12-17(19-23-22-14(3)28-19)18(13(2)21-12)29(26,27)25-10-8-24(9-11-25)16-7-5-4-6-15(16)20/h4-7,21H,8-11H2,1-3H3. The van der Waals surface area contributed by atoms with Gasteiger partial charge in [0.25, 0.3) is 5.89 Å². The van der Waals surface area contributed by atoms with Crippen LogP contribution in [0.25, 0.3) is 11.5 Å². The number of H-pyrrole nitrogens is 1. The minimum absolute atomic E-state index is 0.151. The number of halogens is 1. The fraction of sp³-hybridized carbons (Fsp3) is 0.368. The normalized spacial score (nSPS) is 15.8. The van der Waals surface area contributed by atoms with Crippen molar-refractivity contribution in [2.45, 2.75) is 25.7 Å². The van der Waals surface area contributed by atoms with E-state index in [1.807, 2.05) is 4.90 Å². The molecule has 4 rings (SSSR count). The third-order valence-corrected chi connectivity index (χ3v) is 7.16. The van der Waals surface area contributed by atoms with E-state index in [4.69, 9.17) is 4.42 Å². The van der Waals surface area contributed by atoms with E-state index in [1.54, 1.807) is 39.0 Å². The van der Waals surface area contributed by atoms with Gasteiger partial charge < -0.3 is 14.3 Å². The van der Waals surface area contributed by atoms with Gasteiger partial charge in [-0.15, -0.1) is 10.2 Å². The molecule has 1 aromatic carbocycles. The zero-order valence-electron chi connectivity index (χ0n) is 16.4. The molecule has 154 valence electrons. The number of aryl methyl sites for hydroxylation is 3. The minimum atomic E-state index is -3.80. The number of rotatable bonds is 4. The first-order valence-corrected chi connectivity index (χ1v) is 10.7. The molecule has 0 amide bonds. The fourth-order valence-electron chi connectivity index (χ4n) is 3.74. The maximum atomic E-state index is 14.1. The van der Waals surface area contributed by atoms with E-state index < -0.39 is 10.0 Å². The second kappa shape index (κ2) is 7.27. The van der Waals surface area contributed by atoms with E-state index in [0.717, 1.165) is 0 Å². The van der Waals surface area contributed by atoms with Crippen molar-refractivity contribution >= 4 is 15.7 Å². The van der Waals surface area contributed by atoms with Gasteiger partial charge in [0, 0.05) is 44.5 Å². The van der Waals surface area contributed by atoms with E-state index in [1.165, 1.54) is 10.4 Å². The number of hydrogen-bond donors (Lipinski definition) is 1. The van der Waals surface area contributed by atoms with Gasteiger partial charge in [0.05, 0.1) is 11.3 Å². The monoisotopic (exact) mass is 419 g/mol. The van der Waals surface area contributed by atoms with Gasteiger partial charge >= 0.3 is 0 Å². The molecule has 0 radical (unpaired) electrons. The molecule has 0 unspecified atom stereocenters. The Kier molecular flexibility index (Phi) is 4.91. The second-order valence-electron chi connectivity index (χ2n) is 7.05. The van der Waals surface area contributed by atoms with E-state index in [0.29, 0.717) is 41.6 Å². The Hall–Kier alpha value is -2.72. The average molecular weight is 419 g/mol. The van der Waals surface area contributed by atoms with Crippen molar-refractivity contribution in [2.24, 2.45) is 0 Å². The molecule has 1 N–H and O–H groups in total. The smallest absolute Gasteiger partial charge is 0.250 e. The summed E-state index contributed by atoms with van der Waals surface area (Å²) in [5.41, 5.74) is 2.06. The maximum absolute atomic E-state index is 14.1. The molecular formula is C19H22FN5O3S. The summed E-state index contributed by atoms with van der Waals surface area (Å²) in [5.74, 6) is 0.225. The average Bonchev–Trinajstić information content (AvgIpc) is 3.24. The summed E-state index contributed by atoms with van der Waals surface area (Å²) in [5, 5.41) is 7.82. The van der Waals surface area contributed by atoms with Crippen molar-refractivity contribution in [3.05, 3.63) is 47.4 Å². The summed E-state index contributed by atoms with van der Waals surface area (Å²) in [4.78, 5) is 5.09. The zero-order valence-corrected chi connectivity index (χ0v) is 17.3. The second-order valence-corrected chi connectivity index (χ2v) is 8.92.